The monoisotopic (exact) mass is 346 g/mol. The normalized spacial score (nSPS) is 25.6. The van der Waals surface area contributed by atoms with Gasteiger partial charge < -0.3 is 15.2 Å². The van der Waals surface area contributed by atoms with Gasteiger partial charge in [0.2, 0.25) is 5.91 Å². The Bertz CT molecular complexity index is 648. The fourth-order valence-electron chi connectivity index (χ4n) is 4.37. The number of hydrogen-bond acceptors (Lipinski definition) is 4. The van der Waals surface area contributed by atoms with Crippen LogP contribution in [0.25, 0.3) is 0 Å². The van der Waals surface area contributed by atoms with Crippen LogP contribution in [-0.4, -0.2) is 55.2 Å². The maximum Gasteiger partial charge on any atom is 0.311 e. The van der Waals surface area contributed by atoms with Crippen molar-refractivity contribution >= 4 is 11.9 Å². The Kier molecular flexibility index (Phi) is 5.27. The molecule has 25 heavy (non-hydrogen) atoms. The second-order valence-electron chi connectivity index (χ2n) is 7.13. The second-order valence-corrected chi connectivity index (χ2v) is 7.13. The first-order chi connectivity index (χ1) is 12.0. The highest BCUT2D eigenvalue weighted by Gasteiger charge is 2.54. The van der Waals surface area contributed by atoms with Crippen LogP contribution >= 0.6 is 0 Å². The molecule has 1 heterocycles. The van der Waals surface area contributed by atoms with Crippen molar-refractivity contribution in [1.82, 2.24) is 10.2 Å². The number of aliphatic carboxylic acids is 1. The molecule has 0 aromatic heterocycles. The van der Waals surface area contributed by atoms with Crippen molar-refractivity contribution in [3.8, 4) is 5.75 Å². The van der Waals surface area contributed by atoms with Crippen molar-refractivity contribution < 1.29 is 19.4 Å². The number of carboxylic acids is 1. The van der Waals surface area contributed by atoms with Gasteiger partial charge >= 0.3 is 5.97 Å². The van der Waals surface area contributed by atoms with E-state index >= 15 is 0 Å². The highest BCUT2D eigenvalue weighted by atomic mass is 16.5. The third-order valence-electron chi connectivity index (χ3n) is 5.64. The standard InChI is InChI=1S/C19H26N2O4/c1-25-16-7-3-2-5-14(16)8-10-20-17(22)12-21-11-15-6-4-9-19(15,13-21)18(23)24/h2-3,5,7,15H,4,6,8-13H2,1H3,(H,20,22)(H,23,24)/t15-,19+/m0/s1. The van der Waals surface area contributed by atoms with E-state index in [-0.39, 0.29) is 18.4 Å². The average molecular weight is 346 g/mol. The Morgan fingerprint density at radius 3 is 2.92 bits per heavy atom. The Morgan fingerprint density at radius 2 is 2.20 bits per heavy atom. The van der Waals surface area contributed by atoms with Crippen LogP contribution in [0.5, 0.6) is 5.75 Å². The van der Waals surface area contributed by atoms with Gasteiger partial charge in [0.1, 0.15) is 5.75 Å². The summed E-state index contributed by atoms with van der Waals surface area (Å²) in [6.07, 6.45) is 3.38. The molecule has 1 aromatic carbocycles. The van der Waals surface area contributed by atoms with E-state index < -0.39 is 11.4 Å². The van der Waals surface area contributed by atoms with Gasteiger partial charge in [-0.3, -0.25) is 14.5 Å². The molecule has 3 rings (SSSR count). The number of carbonyl (C=O) groups excluding carboxylic acids is 1. The molecule has 2 N–H and O–H groups in total. The predicted molar refractivity (Wildman–Crippen MR) is 93.6 cm³/mol. The number of rotatable bonds is 7. The predicted octanol–water partition coefficient (Wildman–Crippen LogP) is 1.54. The number of ether oxygens (including phenoxy) is 1. The van der Waals surface area contributed by atoms with E-state index in [0.29, 0.717) is 26.1 Å². The molecule has 1 amide bonds. The van der Waals surface area contributed by atoms with Crippen LogP contribution in [0.4, 0.5) is 0 Å². The smallest absolute Gasteiger partial charge is 0.311 e. The highest BCUT2D eigenvalue weighted by molar-refractivity contribution is 5.79. The molecule has 6 heteroatoms. The molecule has 1 saturated heterocycles. The lowest BCUT2D eigenvalue weighted by molar-refractivity contribution is -0.149. The van der Waals surface area contributed by atoms with Gasteiger partial charge in [-0.05, 0) is 36.8 Å². The second kappa shape index (κ2) is 7.44. The Hall–Kier alpha value is -2.08. The first-order valence-corrected chi connectivity index (χ1v) is 8.89. The van der Waals surface area contributed by atoms with Gasteiger partial charge in [0.25, 0.3) is 0 Å². The van der Waals surface area contributed by atoms with E-state index in [4.69, 9.17) is 4.74 Å². The summed E-state index contributed by atoms with van der Waals surface area (Å²) in [5.41, 5.74) is 0.434. The third kappa shape index (κ3) is 3.63. The van der Waals surface area contributed by atoms with Crippen LogP contribution in [0.15, 0.2) is 24.3 Å². The quantitative estimate of drug-likeness (QED) is 0.783. The topological polar surface area (TPSA) is 78.9 Å². The molecule has 0 bridgehead atoms. The van der Waals surface area contributed by atoms with Crippen LogP contribution in [0, 0.1) is 11.3 Å². The summed E-state index contributed by atoms with van der Waals surface area (Å²) in [5, 5.41) is 12.5. The molecule has 0 unspecified atom stereocenters. The number of fused-ring (bicyclic) bond motifs is 1. The van der Waals surface area contributed by atoms with Crippen molar-refractivity contribution in [2.45, 2.75) is 25.7 Å². The van der Waals surface area contributed by atoms with Crippen LogP contribution < -0.4 is 10.1 Å². The molecule has 2 atom stereocenters. The lowest BCUT2D eigenvalue weighted by Gasteiger charge is -2.23. The van der Waals surface area contributed by atoms with E-state index in [1.807, 2.05) is 29.2 Å². The molecule has 2 aliphatic rings. The summed E-state index contributed by atoms with van der Waals surface area (Å²) >= 11 is 0. The van der Waals surface area contributed by atoms with Crippen LogP contribution in [0.3, 0.4) is 0 Å². The zero-order valence-corrected chi connectivity index (χ0v) is 14.7. The molecule has 0 radical (unpaired) electrons. The summed E-state index contributed by atoms with van der Waals surface area (Å²) in [6, 6.07) is 7.77. The highest BCUT2D eigenvalue weighted by Crippen LogP contribution is 2.48. The fraction of sp³-hybridized carbons (Fsp3) is 0.579. The van der Waals surface area contributed by atoms with E-state index in [9.17, 15) is 14.7 Å². The third-order valence-corrected chi connectivity index (χ3v) is 5.64. The maximum absolute atomic E-state index is 12.2. The Morgan fingerprint density at radius 1 is 1.40 bits per heavy atom. The molecular weight excluding hydrogens is 320 g/mol. The van der Waals surface area contributed by atoms with E-state index in [1.165, 1.54) is 0 Å². The SMILES string of the molecule is COc1ccccc1CCNC(=O)CN1C[C@@H]2CCC[C@@]2(C(=O)O)C1. The number of nitrogens with zero attached hydrogens (tertiary/aromatic N) is 1. The van der Waals surface area contributed by atoms with Crippen LogP contribution in [0.2, 0.25) is 0 Å². The first-order valence-electron chi connectivity index (χ1n) is 8.89. The minimum atomic E-state index is -0.700. The van der Waals surface area contributed by atoms with Gasteiger partial charge in [0.05, 0.1) is 19.1 Å². The average Bonchev–Trinajstić information content (AvgIpc) is 3.13. The number of carbonyl (C=O) groups is 2. The molecular formula is C19H26N2O4. The number of amides is 1. The number of para-hydroxylation sites is 1. The Labute approximate surface area is 148 Å². The van der Waals surface area contributed by atoms with Crippen molar-refractivity contribution in [1.29, 1.82) is 0 Å². The number of carboxylic acid groups (broad SMARTS) is 1. The van der Waals surface area contributed by atoms with Crippen LogP contribution in [-0.2, 0) is 16.0 Å². The molecule has 2 fully saturated rings. The molecule has 1 aliphatic heterocycles. The largest absolute Gasteiger partial charge is 0.496 e. The summed E-state index contributed by atoms with van der Waals surface area (Å²) in [7, 11) is 1.64. The van der Waals surface area contributed by atoms with Crippen molar-refractivity contribution in [3.63, 3.8) is 0 Å². The van der Waals surface area contributed by atoms with Gasteiger partial charge in [-0.25, -0.2) is 0 Å². The van der Waals surface area contributed by atoms with E-state index in [2.05, 4.69) is 5.32 Å². The first kappa shape index (κ1) is 17.7. The molecule has 136 valence electrons. The number of nitrogens with one attached hydrogen (secondary N) is 1. The molecule has 6 nitrogen and oxygen atoms in total. The van der Waals surface area contributed by atoms with Gasteiger partial charge in [-0.2, -0.15) is 0 Å². The number of methoxy groups -OCH3 is 1. The zero-order valence-electron chi connectivity index (χ0n) is 14.7. The lowest BCUT2D eigenvalue weighted by atomic mass is 9.81. The molecule has 1 aromatic rings. The summed E-state index contributed by atoms with van der Waals surface area (Å²) in [5.74, 6) is 0.267. The number of likely N-dealkylation sites (tertiary alicyclic amines) is 1. The Balaban J connectivity index is 1.47. The van der Waals surface area contributed by atoms with Crippen molar-refractivity contribution in [3.05, 3.63) is 29.8 Å². The molecule has 1 saturated carbocycles. The zero-order chi connectivity index (χ0) is 17.9. The summed E-state index contributed by atoms with van der Waals surface area (Å²) in [4.78, 5) is 25.9. The van der Waals surface area contributed by atoms with Crippen molar-refractivity contribution in [2.24, 2.45) is 11.3 Å². The number of hydrogen-bond donors (Lipinski definition) is 2. The van der Waals surface area contributed by atoms with Gasteiger partial charge in [0, 0.05) is 19.6 Å². The minimum absolute atomic E-state index is 0.0459. The lowest BCUT2D eigenvalue weighted by Crippen LogP contribution is -2.39. The molecule has 0 spiro atoms. The summed E-state index contributed by atoms with van der Waals surface area (Å²) < 4.78 is 5.31. The van der Waals surface area contributed by atoms with Crippen molar-refractivity contribution in [2.75, 3.05) is 33.3 Å². The number of benzene rings is 1. The minimum Gasteiger partial charge on any atom is -0.496 e. The van der Waals surface area contributed by atoms with Crippen LogP contribution in [0.1, 0.15) is 24.8 Å². The van der Waals surface area contributed by atoms with E-state index in [0.717, 1.165) is 30.6 Å². The maximum atomic E-state index is 12.2. The summed E-state index contributed by atoms with van der Waals surface area (Å²) in [6.45, 7) is 2.02. The van der Waals surface area contributed by atoms with Gasteiger partial charge in [0.15, 0.2) is 0 Å². The van der Waals surface area contributed by atoms with Gasteiger partial charge in [-0.1, -0.05) is 24.6 Å². The molecule has 1 aliphatic carbocycles. The fourth-order valence-corrected chi connectivity index (χ4v) is 4.37. The van der Waals surface area contributed by atoms with E-state index in [1.54, 1.807) is 7.11 Å². The van der Waals surface area contributed by atoms with Gasteiger partial charge in [-0.15, -0.1) is 0 Å².